The first-order valence-corrected chi connectivity index (χ1v) is 9.78. The van der Waals surface area contributed by atoms with Crippen molar-refractivity contribution in [2.45, 2.75) is 120 Å². The van der Waals surface area contributed by atoms with E-state index in [2.05, 4.69) is 27.7 Å². The van der Waals surface area contributed by atoms with Gasteiger partial charge in [-0.15, -0.1) is 0 Å². The van der Waals surface area contributed by atoms with Crippen LogP contribution >= 0.6 is 0 Å². The Morgan fingerprint density at radius 1 is 0.550 bits per heavy atom. The van der Waals surface area contributed by atoms with Crippen molar-refractivity contribution < 1.29 is 0 Å². The molecule has 0 fully saturated rings. The Hall–Kier alpha value is 0. The van der Waals surface area contributed by atoms with Gasteiger partial charge in [0.2, 0.25) is 0 Å². The zero-order chi connectivity index (χ0) is 16.2. The Labute approximate surface area is 132 Å². The molecule has 0 radical (unpaired) electrons. The zero-order valence-corrected chi connectivity index (χ0v) is 16.2. The lowest BCUT2D eigenvalue weighted by Crippen LogP contribution is -2.09. The molecule has 0 nitrogen and oxygen atoms in total. The van der Waals surface area contributed by atoms with Gasteiger partial charge in [-0.2, -0.15) is 0 Å². The van der Waals surface area contributed by atoms with Gasteiger partial charge in [0.1, 0.15) is 0 Å². The van der Waals surface area contributed by atoms with E-state index in [0.717, 1.165) is 11.8 Å². The Morgan fingerprint density at radius 3 is 1.35 bits per heavy atom. The average molecular weight is 287 g/mol. The van der Waals surface area contributed by atoms with Crippen molar-refractivity contribution in [3.05, 3.63) is 0 Å². The number of rotatable bonds is 11. The molecule has 0 aromatic rings. The summed E-state index contributed by atoms with van der Waals surface area (Å²) in [7, 11) is 0. The van der Waals surface area contributed by atoms with Crippen LogP contribution in [0, 0.1) is 11.8 Å². The fourth-order valence-electron chi connectivity index (χ4n) is 2.73. The molecule has 2 atom stereocenters. The van der Waals surface area contributed by atoms with Crippen LogP contribution in [-0.2, 0) is 0 Å². The van der Waals surface area contributed by atoms with Crippen molar-refractivity contribution >= 4 is 0 Å². The summed E-state index contributed by atoms with van der Waals surface area (Å²) < 4.78 is 0. The molecule has 0 aliphatic rings. The normalized spacial score (nSPS) is 12.6. The van der Waals surface area contributed by atoms with Crippen molar-refractivity contribution in [3.63, 3.8) is 0 Å². The van der Waals surface area contributed by atoms with Crippen LogP contribution in [0.2, 0.25) is 0 Å². The van der Waals surface area contributed by atoms with E-state index >= 15 is 0 Å². The minimum absolute atomic E-state index is 1.01. The topological polar surface area (TPSA) is 0 Å². The largest absolute Gasteiger partial charge is 0.0683 e. The van der Waals surface area contributed by atoms with E-state index in [9.17, 15) is 0 Å². The van der Waals surface area contributed by atoms with E-state index in [-0.39, 0.29) is 0 Å². The molecule has 126 valence electrons. The summed E-state index contributed by atoms with van der Waals surface area (Å²) >= 11 is 0. The molecule has 0 heteroatoms. The maximum atomic E-state index is 2.38. The molecule has 0 aliphatic heterocycles. The lowest BCUT2D eigenvalue weighted by atomic mass is 9.84. The molecule has 0 saturated heterocycles. The van der Waals surface area contributed by atoms with E-state index in [1.54, 1.807) is 0 Å². The summed E-state index contributed by atoms with van der Waals surface area (Å²) in [5.41, 5.74) is 0. The van der Waals surface area contributed by atoms with Gasteiger partial charge in [-0.05, 0) is 18.3 Å². The van der Waals surface area contributed by atoms with Gasteiger partial charge in [-0.25, -0.2) is 0 Å². The molecule has 0 spiro atoms. The lowest BCUT2D eigenvalue weighted by Gasteiger charge is -2.22. The minimum atomic E-state index is 1.01. The summed E-state index contributed by atoms with van der Waals surface area (Å²) in [6.07, 6.45) is 14.3. The van der Waals surface area contributed by atoms with Gasteiger partial charge < -0.3 is 0 Å². The zero-order valence-electron chi connectivity index (χ0n) is 16.2. The third-order valence-corrected chi connectivity index (χ3v) is 3.87. The maximum absolute atomic E-state index is 2.38. The highest BCUT2D eigenvalue weighted by Crippen LogP contribution is 2.27. The molecule has 0 aromatic carbocycles. The average Bonchev–Trinajstić information content (AvgIpc) is 2.52. The highest BCUT2D eigenvalue weighted by Gasteiger charge is 2.14. The van der Waals surface area contributed by atoms with Crippen molar-refractivity contribution in [2.75, 3.05) is 0 Å². The van der Waals surface area contributed by atoms with Crippen molar-refractivity contribution in [1.82, 2.24) is 0 Å². The standard InChI is InChI=1S/C16H34.2C2H6/c1-5-9-12-15(8-4)14-16(11-7-3)13-10-6-2;2*1-2/h15-16H,5-14H2,1-4H3;2*1-2H3. The van der Waals surface area contributed by atoms with E-state index in [4.69, 9.17) is 0 Å². The Kier molecular flexibility index (Phi) is 30.0. The monoisotopic (exact) mass is 286 g/mol. The van der Waals surface area contributed by atoms with Gasteiger partial charge in [0, 0.05) is 0 Å². The van der Waals surface area contributed by atoms with Gasteiger partial charge in [-0.1, -0.05) is 113 Å². The molecule has 0 saturated carbocycles. The Bertz CT molecular complexity index is 128. The smallest absolute Gasteiger partial charge is 0.0412 e. The second-order valence-electron chi connectivity index (χ2n) is 5.45. The molecule has 0 aromatic heterocycles. The fraction of sp³-hybridized carbons (Fsp3) is 1.00. The highest BCUT2D eigenvalue weighted by molar-refractivity contribution is 4.66. The van der Waals surface area contributed by atoms with Crippen LogP contribution in [0.5, 0.6) is 0 Å². The second kappa shape index (κ2) is 24.0. The summed E-state index contributed by atoms with van der Waals surface area (Å²) in [5, 5.41) is 0. The van der Waals surface area contributed by atoms with Crippen molar-refractivity contribution in [3.8, 4) is 0 Å². The van der Waals surface area contributed by atoms with Gasteiger partial charge >= 0.3 is 0 Å². The van der Waals surface area contributed by atoms with Crippen molar-refractivity contribution in [2.24, 2.45) is 11.8 Å². The third kappa shape index (κ3) is 18.0. The predicted molar refractivity (Wildman–Crippen MR) is 98.5 cm³/mol. The van der Waals surface area contributed by atoms with Crippen LogP contribution < -0.4 is 0 Å². The first-order valence-electron chi connectivity index (χ1n) is 9.78. The van der Waals surface area contributed by atoms with Gasteiger partial charge in [0.15, 0.2) is 0 Å². The van der Waals surface area contributed by atoms with E-state index in [1.807, 2.05) is 27.7 Å². The molecule has 20 heavy (non-hydrogen) atoms. The summed E-state index contributed by atoms with van der Waals surface area (Å²) in [6.45, 7) is 17.3. The van der Waals surface area contributed by atoms with Crippen LogP contribution in [0.15, 0.2) is 0 Å². The number of hydrogen-bond donors (Lipinski definition) is 0. The molecule has 0 N–H and O–H groups in total. The van der Waals surface area contributed by atoms with Gasteiger partial charge in [-0.3, -0.25) is 0 Å². The molecular weight excluding hydrogens is 240 g/mol. The first-order chi connectivity index (χ1) is 9.78. The molecule has 0 amide bonds. The number of hydrogen-bond acceptors (Lipinski definition) is 0. The Balaban J connectivity index is -0.000000656. The molecule has 2 unspecified atom stereocenters. The third-order valence-electron chi connectivity index (χ3n) is 3.87. The molecule has 0 heterocycles. The molecule has 0 rings (SSSR count). The Morgan fingerprint density at radius 2 is 1.00 bits per heavy atom. The highest BCUT2D eigenvalue weighted by atomic mass is 14.2. The van der Waals surface area contributed by atoms with Crippen LogP contribution in [-0.4, -0.2) is 0 Å². The van der Waals surface area contributed by atoms with Crippen LogP contribution in [0.3, 0.4) is 0 Å². The molecule has 0 aliphatic carbocycles. The van der Waals surface area contributed by atoms with Crippen LogP contribution in [0.4, 0.5) is 0 Å². The SMILES string of the molecule is CC.CC.CCCCC(CC)CC(CCC)CCCC. The van der Waals surface area contributed by atoms with Crippen molar-refractivity contribution in [1.29, 1.82) is 0 Å². The van der Waals surface area contributed by atoms with Gasteiger partial charge in [0.05, 0.1) is 0 Å². The summed E-state index contributed by atoms with van der Waals surface area (Å²) in [6, 6.07) is 0. The van der Waals surface area contributed by atoms with Crippen LogP contribution in [0.1, 0.15) is 120 Å². The molecular formula is C20H46. The van der Waals surface area contributed by atoms with Crippen LogP contribution in [0.25, 0.3) is 0 Å². The predicted octanol–water partition coefficient (Wildman–Crippen LogP) is 8.25. The maximum Gasteiger partial charge on any atom is -0.0412 e. The quantitative estimate of drug-likeness (QED) is 0.358. The minimum Gasteiger partial charge on any atom is -0.0683 e. The summed E-state index contributed by atoms with van der Waals surface area (Å²) in [4.78, 5) is 0. The summed E-state index contributed by atoms with van der Waals surface area (Å²) in [5.74, 6) is 2.03. The lowest BCUT2D eigenvalue weighted by molar-refractivity contribution is 0.303. The first kappa shape index (κ1) is 25.0. The second-order valence-corrected chi connectivity index (χ2v) is 5.45. The van der Waals surface area contributed by atoms with E-state index in [1.165, 1.54) is 64.2 Å². The molecule has 0 bridgehead atoms. The van der Waals surface area contributed by atoms with E-state index in [0.29, 0.717) is 0 Å². The fourth-order valence-corrected chi connectivity index (χ4v) is 2.73. The van der Waals surface area contributed by atoms with Gasteiger partial charge in [0.25, 0.3) is 0 Å². The van der Waals surface area contributed by atoms with E-state index < -0.39 is 0 Å². The number of unbranched alkanes of at least 4 members (excludes halogenated alkanes) is 2.